The van der Waals surface area contributed by atoms with Crippen LogP contribution in [0.2, 0.25) is 0 Å². The second-order valence-electron chi connectivity index (χ2n) is 4.61. The molecule has 4 nitrogen and oxygen atoms in total. The number of nitrogens with zero attached hydrogens (tertiary/aromatic N) is 3. The fourth-order valence-electron chi connectivity index (χ4n) is 2.24. The molecule has 0 saturated carbocycles. The zero-order valence-corrected chi connectivity index (χ0v) is 12.2. The molecule has 0 spiro atoms. The molecule has 0 amide bonds. The molecule has 0 fully saturated rings. The lowest BCUT2D eigenvalue weighted by atomic mass is 10.2. The van der Waals surface area contributed by atoms with Crippen molar-refractivity contribution in [2.75, 3.05) is 18.0 Å². The highest BCUT2D eigenvalue weighted by Gasteiger charge is 2.15. The van der Waals surface area contributed by atoms with Crippen LogP contribution in [-0.2, 0) is 0 Å². The molecule has 1 aromatic carbocycles. The number of rotatable bonds is 5. The maximum absolute atomic E-state index is 13.5. The number of nitrogens with two attached hydrogens (primary N) is 1. The third kappa shape index (κ3) is 2.86. The summed E-state index contributed by atoms with van der Waals surface area (Å²) in [7, 11) is 0. The van der Waals surface area contributed by atoms with Gasteiger partial charge in [0.1, 0.15) is 22.8 Å². The Hall–Kier alpha value is -2.05. The normalized spacial score (nSPS) is 11.0. The van der Waals surface area contributed by atoms with Crippen molar-refractivity contribution in [2.45, 2.75) is 6.42 Å². The van der Waals surface area contributed by atoms with Gasteiger partial charge in [0, 0.05) is 12.2 Å². The number of aromatic nitrogens is 2. The van der Waals surface area contributed by atoms with Crippen molar-refractivity contribution in [1.82, 2.24) is 9.97 Å². The Morgan fingerprint density at radius 1 is 1.24 bits per heavy atom. The van der Waals surface area contributed by atoms with Crippen molar-refractivity contribution in [3.05, 3.63) is 47.9 Å². The van der Waals surface area contributed by atoms with Crippen LogP contribution in [0.3, 0.4) is 0 Å². The minimum absolute atomic E-state index is 0.263. The lowest BCUT2D eigenvalue weighted by Crippen LogP contribution is -2.22. The molecule has 6 heteroatoms. The van der Waals surface area contributed by atoms with E-state index in [1.54, 1.807) is 23.7 Å². The first-order valence-electron chi connectivity index (χ1n) is 6.71. The summed E-state index contributed by atoms with van der Waals surface area (Å²) < 4.78 is 13.5. The Labute approximate surface area is 126 Å². The Kier molecular flexibility index (Phi) is 4.08. The van der Waals surface area contributed by atoms with Crippen LogP contribution in [0.5, 0.6) is 0 Å². The molecule has 2 N–H and O–H groups in total. The van der Waals surface area contributed by atoms with Gasteiger partial charge >= 0.3 is 0 Å². The van der Waals surface area contributed by atoms with E-state index < -0.39 is 0 Å². The average molecular weight is 302 g/mol. The van der Waals surface area contributed by atoms with Crippen LogP contribution >= 0.6 is 11.3 Å². The van der Waals surface area contributed by atoms with Gasteiger partial charge in [-0.2, -0.15) is 0 Å². The van der Waals surface area contributed by atoms with E-state index >= 15 is 0 Å². The molecular weight excluding hydrogens is 287 g/mol. The molecule has 0 bridgehead atoms. The van der Waals surface area contributed by atoms with Crippen molar-refractivity contribution >= 4 is 33.1 Å². The SMILES string of the molecule is NCCCN(c1cccc(F)c1)c1ncnc2sccc12. The first-order chi connectivity index (χ1) is 10.3. The van der Waals surface area contributed by atoms with Crippen molar-refractivity contribution in [3.8, 4) is 0 Å². The van der Waals surface area contributed by atoms with E-state index in [2.05, 4.69) is 9.97 Å². The minimum atomic E-state index is -0.263. The molecule has 0 aliphatic carbocycles. The fraction of sp³-hybridized carbons (Fsp3) is 0.200. The summed E-state index contributed by atoms with van der Waals surface area (Å²) in [6, 6.07) is 8.51. The number of benzene rings is 1. The quantitative estimate of drug-likeness (QED) is 0.785. The highest BCUT2D eigenvalue weighted by atomic mass is 32.1. The standard InChI is InChI=1S/C15H15FN4S/c16-11-3-1-4-12(9-11)20(7-2-6-17)14-13-5-8-21-15(13)19-10-18-14/h1,3-5,8-10H,2,6-7,17H2. The second-order valence-corrected chi connectivity index (χ2v) is 5.51. The molecule has 3 aromatic rings. The van der Waals surface area contributed by atoms with Gasteiger partial charge in [-0.05, 0) is 42.6 Å². The highest BCUT2D eigenvalue weighted by molar-refractivity contribution is 7.16. The lowest BCUT2D eigenvalue weighted by molar-refractivity contribution is 0.627. The molecule has 0 aliphatic rings. The minimum Gasteiger partial charge on any atom is -0.330 e. The van der Waals surface area contributed by atoms with Gasteiger partial charge in [0.05, 0.1) is 5.39 Å². The van der Waals surface area contributed by atoms with Gasteiger partial charge in [0.25, 0.3) is 0 Å². The van der Waals surface area contributed by atoms with Crippen molar-refractivity contribution in [1.29, 1.82) is 0 Å². The van der Waals surface area contributed by atoms with Gasteiger partial charge in [-0.3, -0.25) is 0 Å². The third-order valence-corrected chi connectivity index (χ3v) is 4.02. The van der Waals surface area contributed by atoms with E-state index in [1.807, 2.05) is 22.4 Å². The number of hydrogen-bond acceptors (Lipinski definition) is 5. The lowest BCUT2D eigenvalue weighted by Gasteiger charge is -2.24. The predicted octanol–water partition coefficient (Wildman–Crippen LogP) is 3.32. The Bertz CT molecular complexity index is 743. The van der Waals surface area contributed by atoms with Crippen LogP contribution in [0.25, 0.3) is 10.2 Å². The summed E-state index contributed by atoms with van der Waals surface area (Å²) in [6.07, 6.45) is 2.34. The smallest absolute Gasteiger partial charge is 0.145 e. The van der Waals surface area contributed by atoms with Gasteiger partial charge in [0.15, 0.2) is 0 Å². The van der Waals surface area contributed by atoms with Crippen molar-refractivity contribution in [2.24, 2.45) is 5.73 Å². The van der Waals surface area contributed by atoms with Gasteiger partial charge in [0.2, 0.25) is 0 Å². The van der Waals surface area contributed by atoms with Crippen molar-refractivity contribution < 1.29 is 4.39 Å². The molecule has 0 aliphatic heterocycles. The van der Waals surface area contributed by atoms with Crippen LogP contribution in [-0.4, -0.2) is 23.1 Å². The van der Waals surface area contributed by atoms with Gasteiger partial charge < -0.3 is 10.6 Å². The summed E-state index contributed by atoms with van der Waals surface area (Å²) in [4.78, 5) is 11.6. The monoisotopic (exact) mass is 302 g/mol. The Morgan fingerprint density at radius 2 is 2.14 bits per heavy atom. The van der Waals surface area contributed by atoms with Gasteiger partial charge in [-0.1, -0.05) is 6.07 Å². The Balaban J connectivity index is 2.08. The van der Waals surface area contributed by atoms with Gasteiger partial charge in [-0.15, -0.1) is 11.3 Å². The van der Waals surface area contributed by atoms with E-state index in [9.17, 15) is 4.39 Å². The molecule has 0 atom stereocenters. The first kappa shape index (κ1) is 13.9. The van der Waals surface area contributed by atoms with Crippen molar-refractivity contribution in [3.63, 3.8) is 0 Å². The summed E-state index contributed by atoms with van der Waals surface area (Å²) in [6.45, 7) is 1.26. The number of thiophene rings is 1. The van der Waals surface area contributed by atoms with Gasteiger partial charge in [-0.25, -0.2) is 14.4 Å². The maximum Gasteiger partial charge on any atom is 0.145 e. The largest absolute Gasteiger partial charge is 0.330 e. The molecule has 2 aromatic heterocycles. The van der Waals surface area contributed by atoms with E-state index in [0.717, 1.165) is 28.1 Å². The van der Waals surface area contributed by atoms with Crippen LogP contribution in [0, 0.1) is 5.82 Å². The average Bonchev–Trinajstić information content (AvgIpc) is 2.97. The van der Waals surface area contributed by atoms with Crippen LogP contribution in [0.4, 0.5) is 15.9 Å². The fourth-order valence-corrected chi connectivity index (χ4v) is 2.97. The maximum atomic E-state index is 13.5. The molecule has 0 saturated heterocycles. The number of anilines is 2. The molecule has 108 valence electrons. The summed E-state index contributed by atoms with van der Waals surface area (Å²) in [5, 5.41) is 2.96. The third-order valence-electron chi connectivity index (χ3n) is 3.20. The molecular formula is C15H15FN4S. The number of fused-ring (bicyclic) bond motifs is 1. The zero-order valence-electron chi connectivity index (χ0n) is 11.4. The molecule has 21 heavy (non-hydrogen) atoms. The molecule has 0 unspecified atom stereocenters. The second kappa shape index (κ2) is 6.15. The number of hydrogen-bond donors (Lipinski definition) is 1. The Morgan fingerprint density at radius 3 is 2.95 bits per heavy atom. The predicted molar refractivity (Wildman–Crippen MR) is 84.5 cm³/mol. The first-order valence-corrected chi connectivity index (χ1v) is 7.59. The summed E-state index contributed by atoms with van der Waals surface area (Å²) in [5.41, 5.74) is 6.40. The van der Waals surface area contributed by atoms with E-state index in [-0.39, 0.29) is 5.82 Å². The zero-order chi connectivity index (χ0) is 14.7. The van der Waals surface area contributed by atoms with E-state index in [4.69, 9.17) is 5.73 Å². The number of halogens is 1. The molecule has 3 rings (SSSR count). The van der Waals surface area contributed by atoms with Crippen LogP contribution in [0.1, 0.15) is 6.42 Å². The molecule has 0 radical (unpaired) electrons. The van der Waals surface area contributed by atoms with Crippen LogP contribution in [0.15, 0.2) is 42.0 Å². The van der Waals surface area contributed by atoms with E-state index in [1.165, 1.54) is 12.1 Å². The van der Waals surface area contributed by atoms with E-state index in [0.29, 0.717) is 13.1 Å². The topological polar surface area (TPSA) is 55.0 Å². The highest BCUT2D eigenvalue weighted by Crippen LogP contribution is 2.31. The summed E-state index contributed by atoms with van der Waals surface area (Å²) in [5.74, 6) is 0.529. The summed E-state index contributed by atoms with van der Waals surface area (Å²) >= 11 is 1.56. The molecule has 2 heterocycles. The van der Waals surface area contributed by atoms with Crippen LogP contribution < -0.4 is 10.6 Å².